The normalized spacial score (nSPS) is 10.4. The third-order valence-corrected chi connectivity index (χ3v) is 3.43. The molecule has 0 aliphatic heterocycles. The Bertz CT molecular complexity index is 758. The van der Waals surface area contributed by atoms with Crippen molar-refractivity contribution in [1.82, 2.24) is 0 Å². The first-order valence-electron chi connectivity index (χ1n) is 6.79. The first kappa shape index (κ1) is 14.3. The van der Waals surface area contributed by atoms with Gasteiger partial charge in [-0.05, 0) is 35.9 Å². The molecule has 3 aromatic carbocycles. The van der Waals surface area contributed by atoms with E-state index < -0.39 is 0 Å². The van der Waals surface area contributed by atoms with Crippen LogP contribution in [0.4, 0.5) is 0 Å². The zero-order valence-corrected chi connectivity index (χ0v) is 12.6. The summed E-state index contributed by atoms with van der Waals surface area (Å²) in [5.74, 6) is 2.00. The minimum Gasteiger partial charge on any atom is -0.457 e. The zero-order valence-electron chi connectivity index (χ0n) is 11.7. The highest BCUT2D eigenvalue weighted by atomic mass is 31.1. The second kappa shape index (κ2) is 6.88. The molecule has 3 nitrogen and oxygen atoms in total. The quantitative estimate of drug-likeness (QED) is 0.564. The maximum absolute atomic E-state index is 10.6. The Morgan fingerprint density at radius 3 is 2.09 bits per heavy atom. The van der Waals surface area contributed by atoms with Crippen LogP contribution in [-0.4, -0.2) is 0 Å². The fourth-order valence-corrected chi connectivity index (χ4v) is 2.36. The molecule has 0 saturated carbocycles. The van der Waals surface area contributed by atoms with E-state index >= 15 is 0 Å². The smallest absolute Gasteiger partial charge is 0.395 e. The Balaban J connectivity index is 2.03. The van der Waals surface area contributed by atoms with Gasteiger partial charge in [0, 0.05) is 5.56 Å². The predicted octanol–water partition coefficient (Wildman–Crippen LogP) is 5.73. The Morgan fingerprint density at radius 1 is 0.727 bits per heavy atom. The van der Waals surface area contributed by atoms with E-state index in [1.54, 1.807) is 6.07 Å². The maximum Gasteiger partial charge on any atom is 0.395 e. The third kappa shape index (κ3) is 3.33. The van der Waals surface area contributed by atoms with Gasteiger partial charge in [-0.2, -0.15) is 0 Å². The minimum absolute atomic E-state index is 0.377. The second-order valence-electron chi connectivity index (χ2n) is 4.60. The molecule has 3 rings (SSSR count). The summed E-state index contributed by atoms with van der Waals surface area (Å²) in [6, 6.07) is 24.8. The van der Waals surface area contributed by atoms with Gasteiger partial charge in [0.25, 0.3) is 0 Å². The average molecular weight is 308 g/mol. The highest BCUT2D eigenvalue weighted by Crippen LogP contribution is 2.36. The molecule has 22 heavy (non-hydrogen) atoms. The van der Waals surface area contributed by atoms with Crippen molar-refractivity contribution >= 4 is 8.69 Å². The topological polar surface area (TPSA) is 35.5 Å². The molecule has 0 N–H and O–H groups in total. The molecule has 0 radical (unpaired) electrons. The van der Waals surface area contributed by atoms with Gasteiger partial charge in [-0.25, -0.2) is 4.57 Å². The van der Waals surface area contributed by atoms with Gasteiger partial charge < -0.3 is 9.26 Å². The number of hydrogen-bond donors (Lipinski definition) is 0. The van der Waals surface area contributed by atoms with Gasteiger partial charge in [0.15, 0.2) is 0 Å². The Morgan fingerprint density at radius 2 is 1.41 bits per heavy atom. The second-order valence-corrected chi connectivity index (χ2v) is 4.94. The molecule has 0 aliphatic carbocycles. The number of ether oxygens (including phenoxy) is 1. The highest BCUT2D eigenvalue weighted by molar-refractivity contribution is 7.17. The molecule has 108 valence electrons. The number of rotatable bonds is 5. The largest absolute Gasteiger partial charge is 0.457 e. The molecular formula is C18H13O3P. The summed E-state index contributed by atoms with van der Waals surface area (Å²) in [6.07, 6.45) is 0. The van der Waals surface area contributed by atoms with Gasteiger partial charge in [-0.1, -0.05) is 48.5 Å². The van der Waals surface area contributed by atoms with Crippen molar-refractivity contribution in [2.75, 3.05) is 0 Å². The van der Waals surface area contributed by atoms with Gasteiger partial charge >= 0.3 is 8.69 Å². The van der Waals surface area contributed by atoms with Crippen LogP contribution < -0.4 is 9.26 Å². The van der Waals surface area contributed by atoms with E-state index in [1.807, 2.05) is 72.8 Å². The molecular weight excluding hydrogens is 295 g/mol. The molecule has 0 aliphatic rings. The van der Waals surface area contributed by atoms with Crippen LogP contribution in [0.3, 0.4) is 0 Å². The van der Waals surface area contributed by atoms with Gasteiger partial charge in [-0.3, -0.25) is 0 Å². The molecule has 0 saturated heterocycles. The summed E-state index contributed by atoms with van der Waals surface area (Å²) >= 11 is 0. The predicted molar refractivity (Wildman–Crippen MR) is 86.6 cm³/mol. The van der Waals surface area contributed by atoms with E-state index in [1.165, 1.54) is 0 Å². The van der Waals surface area contributed by atoms with Gasteiger partial charge in [0.05, 0.1) is 0 Å². The van der Waals surface area contributed by atoms with Gasteiger partial charge in [-0.15, -0.1) is 0 Å². The molecule has 0 unspecified atom stereocenters. The van der Waals surface area contributed by atoms with Crippen molar-refractivity contribution in [2.24, 2.45) is 0 Å². The lowest BCUT2D eigenvalue weighted by molar-refractivity contribution is 0.482. The van der Waals surface area contributed by atoms with E-state index in [4.69, 9.17) is 9.26 Å². The maximum atomic E-state index is 10.6. The van der Waals surface area contributed by atoms with Crippen molar-refractivity contribution < 1.29 is 13.8 Å². The molecule has 0 fully saturated rings. The van der Waals surface area contributed by atoms with Crippen molar-refractivity contribution in [1.29, 1.82) is 0 Å². The zero-order chi connectivity index (χ0) is 15.2. The fourth-order valence-electron chi connectivity index (χ4n) is 2.16. The van der Waals surface area contributed by atoms with Crippen LogP contribution in [0, 0.1) is 0 Å². The highest BCUT2D eigenvalue weighted by Gasteiger charge is 2.09. The Hall–Kier alpha value is -2.64. The summed E-state index contributed by atoms with van der Waals surface area (Å²) in [5.41, 5.74) is 1.88. The molecule has 0 heterocycles. The summed E-state index contributed by atoms with van der Waals surface area (Å²) in [7, 11) is -0.377. The van der Waals surface area contributed by atoms with E-state index in [-0.39, 0.29) is 8.69 Å². The van der Waals surface area contributed by atoms with Crippen molar-refractivity contribution in [3.63, 3.8) is 0 Å². The molecule has 4 heteroatoms. The molecule has 0 amide bonds. The number of hydrogen-bond acceptors (Lipinski definition) is 3. The monoisotopic (exact) mass is 308 g/mol. The molecule has 0 atom stereocenters. The lowest BCUT2D eigenvalue weighted by atomic mass is 10.0. The van der Waals surface area contributed by atoms with Crippen molar-refractivity contribution in [2.45, 2.75) is 0 Å². The molecule has 3 aromatic rings. The lowest BCUT2D eigenvalue weighted by Crippen LogP contribution is -1.89. The fraction of sp³-hybridized carbons (Fsp3) is 0. The van der Waals surface area contributed by atoms with Crippen molar-refractivity contribution in [3.8, 4) is 28.4 Å². The van der Waals surface area contributed by atoms with Crippen LogP contribution >= 0.6 is 8.69 Å². The number of benzene rings is 3. The van der Waals surface area contributed by atoms with E-state index in [2.05, 4.69) is 0 Å². The summed E-state index contributed by atoms with van der Waals surface area (Å²) < 4.78 is 21.6. The van der Waals surface area contributed by atoms with Crippen LogP contribution in [0.5, 0.6) is 17.2 Å². The third-order valence-electron chi connectivity index (χ3n) is 3.15. The van der Waals surface area contributed by atoms with E-state index in [0.29, 0.717) is 11.5 Å². The van der Waals surface area contributed by atoms with Crippen LogP contribution in [0.1, 0.15) is 0 Å². The first-order chi connectivity index (χ1) is 10.9. The molecule has 0 bridgehead atoms. The minimum atomic E-state index is -0.377. The van der Waals surface area contributed by atoms with Crippen LogP contribution in [0.25, 0.3) is 11.1 Å². The standard InChI is InChI=1S/C18H13O3P/c19-22-21-16-11-12-18(20-15-9-5-2-6-10-15)17(13-16)14-7-3-1-4-8-14/h1-13H. The van der Waals surface area contributed by atoms with Crippen LogP contribution in [-0.2, 0) is 4.57 Å². The van der Waals surface area contributed by atoms with E-state index in [0.717, 1.165) is 16.9 Å². The lowest BCUT2D eigenvalue weighted by Gasteiger charge is -2.12. The average Bonchev–Trinajstić information content (AvgIpc) is 2.58. The first-order valence-corrected chi connectivity index (χ1v) is 7.52. The number of para-hydroxylation sites is 1. The molecule has 0 aromatic heterocycles. The molecule has 0 spiro atoms. The SMILES string of the molecule is O=POc1ccc(Oc2ccccc2)c(-c2ccccc2)c1. The van der Waals surface area contributed by atoms with Crippen LogP contribution in [0.15, 0.2) is 78.9 Å². The Kier molecular flexibility index (Phi) is 4.47. The Labute approximate surface area is 130 Å². The van der Waals surface area contributed by atoms with Gasteiger partial charge in [0.2, 0.25) is 0 Å². The summed E-state index contributed by atoms with van der Waals surface area (Å²) in [6.45, 7) is 0. The van der Waals surface area contributed by atoms with Crippen LogP contribution in [0.2, 0.25) is 0 Å². The summed E-state index contributed by atoms with van der Waals surface area (Å²) in [5, 5.41) is 0. The van der Waals surface area contributed by atoms with Gasteiger partial charge in [0.1, 0.15) is 17.2 Å². The van der Waals surface area contributed by atoms with E-state index in [9.17, 15) is 4.57 Å². The van der Waals surface area contributed by atoms with Crippen molar-refractivity contribution in [3.05, 3.63) is 78.9 Å². The summed E-state index contributed by atoms with van der Waals surface area (Å²) in [4.78, 5) is 0.